The number of aliphatic hydroxyl groups is 2. The summed E-state index contributed by atoms with van der Waals surface area (Å²) in [6.07, 6.45) is -1.20. The first-order chi connectivity index (χ1) is 17.2. The van der Waals surface area contributed by atoms with E-state index in [4.69, 9.17) is 4.74 Å². The lowest BCUT2D eigenvalue weighted by Crippen LogP contribution is -2.12. The van der Waals surface area contributed by atoms with Crippen molar-refractivity contribution in [2.24, 2.45) is 0 Å². The van der Waals surface area contributed by atoms with Gasteiger partial charge in [0.1, 0.15) is 11.9 Å². The fourth-order valence-electron chi connectivity index (χ4n) is 3.50. The third-order valence-corrected chi connectivity index (χ3v) is 5.26. The van der Waals surface area contributed by atoms with Crippen molar-refractivity contribution < 1.29 is 32.9 Å². The molecule has 1 atom stereocenters. The topological polar surface area (TPSA) is 78.8 Å². The van der Waals surface area contributed by atoms with Crippen LogP contribution in [0.25, 0.3) is 5.57 Å². The molecule has 0 radical (unpaired) electrons. The van der Waals surface area contributed by atoms with Crippen molar-refractivity contribution in [2.75, 3.05) is 18.5 Å². The smallest absolute Gasteiger partial charge is 0.416 e. The van der Waals surface area contributed by atoms with E-state index in [1.54, 1.807) is 54.6 Å². The molecule has 5 nitrogen and oxygen atoms in total. The highest BCUT2D eigenvalue weighted by Crippen LogP contribution is 2.32. The van der Waals surface area contributed by atoms with Crippen molar-refractivity contribution >= 4 is 17.2 Å². The van der Waals surface area contributed by atoms with Gasteiger partial charge in [-0.15, -0.1) is 0 Å². The highest BCUT2D eigenvalue weighted by Gasteiger charge is 2.30. The summed E-state index contributed by atoms with van der Waals surface area (Å²) in [5.41, 5.74) is 1.83. The number of halogens is 3. The standard InChI is InChI=1S/C28H26F3NO4/c1-2-36-22-16-12-20(13-17-22)23(19-10-14-21(15-11-19)28(29,30)31)7-5-9-27(35)32-25-8-4-3-6-24(25)26(34)18-33/h3-17,26,33-34H,2,18H2,1H3,(H,32,35)/b9-5+,23-7+. The molecular formula is C28H26F3NO4. The van der Waals surface area contributed by atoms with Gasteiger partial charge < -0.3 is 20.3 Å². The summed E-state index contributed by atoms with van der Waals surface area (Å²) in [5.74, 6) is 0.175. The van der Waals surface area contributed by atoms with Crippen LogP contribution in [0.1, 0.15) is 35.3 Å². The number of carbonyl (C=O) groups excluding carboxylic acids is 1. The Hall–Kier alpha value is -3.88. The Morgan fingerprint density at radius 2 is 1.61 bits per heavy atom. The van der Waals surface area contributed by atoms with Gasteiger partial charge in [-0.1, -0.05) is 54.6 Å². The van der Waals surface area contributed by atoms with Gasteiger partial charge in [-0.2, -0.15) is 13.2 Å². The minimum absolute atomic E-state index is 0.354. The molecule has 3 aromatic rings. The summed E-state index contributed by atoms with van der Waals surface area (Å²) in [6.45, 7) is 1.86. The summed E-state index contributed by atoms with van der Waals surface area (Å²) < 4.78 is 44.5. The van der Waals surface area contributed by atoms with Crippen LogP contribution in [0.2, 0.25) is 0 Å². The van der Waals surface area contributed by atoms with E-state index in [1.807, 2.05) is 6.92 Å². The predicted molar refractivity (Wildman–Crippen MR) is 132 cm³/mol. The Balaban J connectivity index is 1.88. The van der Waals surface area contributed by atoms with Crippen molar-refractivity contribution in [3.63, 3.8) is 0 Å². The number of amides is 1. The molecule has 36 heavy (non-hydrogen) atoms. The molecule has 0 fully saturated rings. The molecule has 0 aliphatic heterocycles. The lowest BCUT2D eigenvalue weighted by atomic mass is 9.96. The molecule has 8 heteroatoms. The molecule has 188 valence electrons. The number of rotatable bonds is 9. The van der Waals surface area contributed by atoms with Crippen molar-refractivity contribution in [2.45, 2.75) is 19.2 Å². The van der Waals surface area contributed by atoms with E-state index >= 15 is 0 Å². The van der Waals surface area contributed by atoms with Crippen molar-refractivity contribution in [3.05, 3.63) is 113 Å². The first kappa shape index (κ1) is 26.7. The minimum Gasteiger partial charge on any atom is -0.494 e. The molecule has 0 bridgehead atoms. The van der Waals surface area contributed by atoms with Crippen molar-refractivity contribution in [1.82, 2.24) is 0 Å². The van der Waals surface area contributed by atoms with Crippen molar-refractivity contribution in [1.29, 1.82) is 0 Å². The maximum atomic E-state index is 13.0. The van der Waals surface area contributed by atoms with Gasteiger partial charge in [0.2, 0.25) is 5.91 Å². The van der Waals surface area contributed by atoms with E-state index in [9.17, 15) is 28.2 Å². The highest BCUT2D eigenvalue weighted by molar-refractivity contribution is 6.00. The monoisotopic (exact) mass is 497 g/mol. The maximum absolute atomic E-state index is 13.0. The highest BCUT2D eigenvalue weighted by atomic mass is 19.4. The molecule has 3 aromatic carbocycles. The third-order valence-electron chi connectivity index (χ3n) is 5.26. The predicted octanol–water partition coefficient (Wildman–Crippen LogP) is 5.76. The van der Waals surface area contributed by atoms with E-state index in [-0.39, 0.29) is 0 Å². The van der Waals surface area contributed by atoms with Gasteiger partial charge >= 0.3 is 6.18 Å². The van der Waals surface area contributed by atoms with E-state index in [2.05, 4.69) is 5.32 Å². The van der Waals surface area contributed by atoms with Crippen LogP contribution in [0.3, 0.4) is 0 Å². The Labute approximate surface area is 207 Å². The second-order valence-corrected chi connectivity index (χ2v) is 7.75. The molecule has 3 rings (SSSR count). The minimum atomic E-state index is -4.45. The molecule has 3 N–H and O–H groups in total. The number of hydrogen-bond donors (Lipinski definition) is 3. The Morgan fingerprint density at radius 3 is 2.19 bits per heavy atom. The average molecular weight is 498 g/mol. The van der Waals surface area contributed by atoms with Gasteiger partial charge in [0.05, 0.1) is 18.8 Å². The Morgan fingerprint density at radius 1 is 1.00 bits per heavy atom. The fourth-order valence-corrected chi connectivity index (χ4v) is 3.50. The lowest BCUT2D eigenvalue weighted by molar-refractivity contribution is -0.137. The van der Waals surface area contributed by atoms with Gasteiger partial charge in [-0.05, 0) is 54.0 Å². The Kier molecular flexibility index (Phi) is 9.05. The molecule has 0 saturated carbocycles. The van der Waals surface area contributed by atoms with E-state index < -0.39 is 30.4 Å². The zero-order chi connectivity index (χ0) is 26.1. The van der Waals surface area contributed by atoms with Crippen LogP contribution in [-0.2, 0) is 11.0 Å². The molecule has 0 spiro atoms. The number of para-hydroxylation sites is 1. The normalized spacial score (nSPS) is 13.0. The number of hydrogen-bond acceptors (Lipinski definition) is 4. The fraction of sp³-hybridized carbons (Fsp3) is 0.179. The molecule has 0 heterocycles. The third kappa shape index (κ3) is 7.07. The molecular weight excluding hydrogens is 471 g/mol. The number of allylic oxidation sites excluding steroid dienone is 2. The van der Waals surface area contributed by atoms with Crippen molar-refractivity contribution in [3.8, 4) is 5.75 Å². The number of nitrogens with one attached hydrogen (secondary N) is 1. The summed E-state index contributed by atoms with van der Waals surface area (Å²) >= 11 is 0. The largest absolute Gasteiger partial charge is 0.494 e. The van der Waals surface area contributed by atoms with Gasteiger partial charge in [0.15, 0.2) is 0 Å². The summed E-state index contributed by atoms with van der Waals surface area (Å²) in [4.78, 5) is 12.5. The number of aliphatic hydroxyl groups excluding tert-OH is 2. The molecule has 0 saturated heterocycles. The van der Waals surface area contributed by atoms with E-state index in [0.29, 0.717) is 34.7 Å². The van der Waals surface area contributed by atoms with Crippen LogP contribution >= 0.6 is 0 Å². The second-order valence-electron chi connectivity index (χ2n) is 7.75. The van der Waals surface area contributed by atoms with Crippen LogP contribution in [-0.4, -0.2) is 29.3 Å². The average Bonchev–Trinajstić information content (AvgIpc) is 2.87. The molecule has 1 amide bonds. The SMILES string of the molecule is CCOc1ccc(/C(=C/C=C/C(=O)Nc2ccccc2C(O)CO)c2ccc(C(F)(F)F)cc2)cc1. The summed E-state index contributed by atoms with van der Waals surface area (Å²) in [6, 6.07) is 18.4. The van der Waals surface area contributed by atoms with Crippen LogP contribution in [0.4, 0.5) is 18.9 Å². The Bertz CT molecular complexity index is 1220. The van der Waals surface area contributed by atoms with E-state index in [0.717, 1.165) is 17.7 Å². The van der Waals surface area contributed by atoms with Crippen LogP contribution in [0.5, 0.6) is 5.75 Å². The number of anilines is 1. The summed E-state index contributed by atoms with van der Waals surface area (Å²) in [7, 11) is 0. The van der Waals surface area contributed by atoms with Gasteiger partial charge in [0.25, 0.3) is 0 Å². The van der Waals surface area contributed by atoms with Crippen LogP contribution in [0.15, 0.2) is 91.0 Å². The number of benzene rings is 3. The van der Waals surface area contributed by atoms with Gasteiger partial charge in [-0.3, -0.25) is 4.79 Å². The quantitative estimate of drug-likeness (QED) is 0.260. The first-order valence-corrected chi connectivity index (χ1v) is 11.2. The van der Waals surface area contributed by atoms with Gasteiger partial charge in [-0.25, -0.2) is 0 Å². The maximum Gasteiger partial charge on any atom is 0.416 e. The lowest BCUT2D eigenvalue weighted by Gasteiger charge is -2.13. The van der Waals surface area contributed by atoms with E-state index in [1.165, 1.54) is 24.3 Å². The molecule has 1 unspecified atom stereocenters. The second kappa shape index (κ2) is 12.2. The van der Waals surface area contributed by atoms with Gasteiger partial charge in [0, 0.05) is 17.3 Å². The number of carbonyl (C=O) groups is 1. The number of alkyl halides is 3. The zero-order valence-electron chi connectivity index (χ0n) is 19.5. The summed E-state index contributed by atoms with van der Waals surface area (Å²) in [5, 5.41) is 21.8. The molecule has 0 aliphatic carbocycles. The number of ether oxygens (including phenoxy) is 1. The zero-order valence-corrected chi connectivity index (χ0v) is 19.5. The first-order valence-electron chi connectivity index (χ1n) is 11.2. The molecule has 0 aromatic heterocycles. The van der Waals surface area contributed by atoms with Crippen LogP contribution < -0.4 is 10.1 Å². The van der Waals surface area contributed by atoms with Crippen LogP contribution in [0, 0.1) is 0 Å². The molecule has 0 aliphatic rings.